The minimum atomic E-state index is -1.08. The van der Waals surface area contributed by atoms with Crippen LogP contribution in [0, 0.1) is 5.92 Å². The normalized spacial score (nSPS) is 11.9. The fourth-order valence-corrected chi connectivity index (χ4v) is 3.89. The van der Waals surface area contributed by atoms with Crippen molar-refractivity contribution in [1.29, 1.82) is 0 Å². The SMILES string of the molecule is CCCCCCCCCCCCCCCCCC(C(=O)O)C(=O)OCc1ccccc1. The van der Waals surface area contributed by atoms with Crippen molar-refractivity contribution in [1.82, 2.24) is 0 Å². The smallest absolute Gasteiger partial charge is 0.320 e. The lowest BCUT2D eigenvalue weighted by molar-refractivity contribution is -0.160. The molecular formula is C27H44O4. The van der Waals surface area contributed by atoms with Crippen LogP contribution in [0.2, 0.25) is 0 Å². The van der Waals surface area contributed by atoms with Crippen LogP contribution in [-0.4, -0.2) is 17.0 Å². The maximum atomic E-state index is 12.1. The third-order valence-electron chi connectivity index (χ3n) is 5.90. The first-order chi connectivity index (χ1) is 15.1. The van der Waals surface area contributed by atoms with Gasteiger partial charge in [0.25, 0.3) is 0 Å². The molecule has 0 aromatic heterocycles. The highest BCUT2D eigenvalue weighted by molar-refractivity contribution is 5.93. The van der Waals surface area contributed by atoms with Gasteiger partial charge in [-0.25, -0.2) is 0 Å². The minimum Gasteiger partial charge on any atom is -0.481 e. The van der Waals surface area contributed by atoms with E-state index < -0.39 is 17.9 Å². The van der Waals surface area contributed by atoms with E-state index in [0.29, 0.717) is 6.42 Å². The molecule has 1 unspecified atom stereocenters. The molecule has 0 saturated heterocycles. The van der Waals surface area contributed by atoms with Gasteiger partial charge in [-0.15, -0.1) is 0 Å². The second kappa shape index (κ2) is 18.9. The van der Waals surface area contributed by atoms with Crippen LogP contribution in [0.15, 0.2) is 30.3 Å². The Bertz CT molecular complexity index is 570. The quantitative estimate of drug-likeness (QED) is 0.130. The summed E-state index contributed by atoms with van der Waals surface area (Å²) in [5.41, 5.74) is 0.868. The number of unbranched alkanes of at least 4 members (excludes halogenated alkanes) is 14. The van der Waals surface area contributed by atoms with Crippen molar-refractivity contribution in [2.24, 2.45) is 5.92 Å². The van der Waals surface area contributed by atoms with Gasteiger partial charge in [0.1, 0.15) is 6.61 Å². The monoisotopic (exact) mass is 432 g/mol. The number of benzene rings is 1. The van der Waals surface area contributed by atoms with E-state index >= 15 is 0 Å². The third-order valence-corrected chi connectivity index (χ3v) is 5.90. The van der Waals surface area contributed by atoms with E-state index in [0.717, 1.165) is 24.8 Å². The van der Waals surface area contributed by atoms with E-state index in [1.807, 2.05) is 30.3 Å². The Balaban J connectivity index is 1.98. The fourth-order valence-electron chi connectivity index (χ4n) is 3.89. The Kier molecular flexibility index (Phi) is 16.6. The van der Waals surface area contributed by atoms with Crippen LogP contribution in [0.25, 0.3) is 0 Å². The van der Waals surface area contributed by atoms with E-state index in [1.54, 1.807) is 0 Å². The number of hydrogen-bond donors (Lipinski definition) is 1. The predicted molar refractivity (Wildman–Crippen MR) is 127 cm³/mol. The Morgan fingerprint density at radius 1 is 0.742 bits per heavy atom. The molecule has 0 saturated carbocycles. The number of esters is 1. The van der Waals surface area contributed by atoms with Gasteiger partial charge < -0.3 is 9.84 Å². The summed E-state index contributed by atoms with van der Waals surface area (Å²) in [4.78, 5) is 23.6. The standard InChI is InChI=1S/C27H44O4/c1-2-3-4-5-6-7-8-9-10-11-12-13-14-15-19-22-25(26(28)29)27(30)31-23-24-20-17-16-18-21-24/h16-18,20-21,25H,2-15,19,22-23H2,1H3,(H,28,29). The lowest BCUT2D eigenvalue weighted by Gasteiger charge is -2.12. The number of ether oxygens (including phenoxy) is 1. The molecule has 0 aliphatic heterocycles. The maximum absolute atomic E-state index is 12.1. The summed E-state index contributed by atoms with van der Waals surface area (Å²) in [5.74, 6) is -2.75. The first kappa shape index (κ1) is 27.2. The number of hydrogen-bond acceptors (Lipinski definition) is 3. The molecule has 176 valence electrons. The zero-order valence-electron chi connectivity index (χ0n) is 19.7. The number of aliphatic carboxylic acids is 1. The molecule has 1 aromatic rings. The highest BCUT2D eigenvalue weighted by atomic mass is 16.5. The van der Waals surface area contributed by atoms with E-state index in [-0.39, 0.29) is 6.61 Å². The first-order valence-electron chi connectivity index (χ1n) is 12.6. The van der Waals surface area contributed by atoms with E-state index in [2.05, 4.69) is 6.92 Å². The fraction of sp³-hybridized carbons (Fsp3) is 0.704. The molecule has 4 heteroatoms. The van der Waals surface area contributed by atoms with Gasteiger partial charge >= 0.3 is 11.9 Å². The van der Waals surface area contributed by atoms with Gasteiger partial charge in [0.05, 0.1) is 0 Å². The average Bonchev–Trinajstić information content (AvgIpc) is 2.77. The van der Waals surface area contributed by atoms with Gasteiger partial charge in [-0.1, -0.05) is 134 Å². The molecule has 0 radical (unpaired) electrons. The Hall–Kier alpha value is -1.84. The van der Waals surface area contributed by atoms with Crippen molar-refractivity contribution in [3.8, 4) is 0 Å². The summed E-state index contributed by atoms with van der Waals surface area (Å²) in [7, 11) is 0. The molecule has 0 bridgehead atoms. The maximum Gasteiger partial charge on any atom is 0.320 e. The molecule has 1 N–H and O–H groups in total. The van der Waals surface area contributed by atoms with Crippen LogP contribution in [0.4, 0.5) is 0 Å². The van der Waals surface area contributed by atoms with Crippen molar-refractivity contribution >= 4 is 11.9 Å². The number of carbonyl (C=O) groups excluding carboxylic acids is 1. The lowest BCUT2D eigenvalue weighted by atomic mass is 10.00. The van der Waals surface area contributed by atoms with Crippen LogP contribution in [0.5, 0.6) is 0 Å². The molecule has 0 aliphatic rings. The van der Waals surface area contributed by atoms with Gasteiger partial charge in [0.2, 0.25) is 0 Å². The van der Waals surface area contributed by atoms with Crippen molar-refractivity contribution in [3.63, 3.8) is 0 Å². The average molecular weight is 433 g/mol. The second-order valence-corrected chi connectivity index (χ2v) is 8.72. The van der Waals surface area contributed by atoms with Gasteiger partial charge in [-0.2, -0.15) is 0 Å². The first-order valence-corrected chi connectivity index (χ1v) is 12.6. The molecule has 0 spiro atoms. The Morgan fingerprint density at radius 3 is 1.65 bits per heavy atom. The summed E-state index contributed by atoms with van der Waals surface area (Å²) in [6, 6.07) is 9.35. The molecule has 4 nitrogen and oxygen atoms in total. The van der Waals surface area contributed by atoms with Crippen LogP contribution in [0.1, 0.15) is 115 Å². The highest BCUT2D eigenvalue weighted by Gasteiger charge is 2.27. The molecule has 1 atom stereocenters. The largest absolute Gasteiger partial charge is 0.481 e. The number of rotatable bonds is 20. The summed E-state index contributed by atoms with van der Waals surface area (Å²) in [6.45, 7) is 2.39. The van der Waals surface area contributed by atoms with E-state index in [9.17, 15) is 14.7 Å². The third kappa shape index (κ3) is 14.7. The topological polar surface area (TPSA) is 63.6 Å². The molecule has 0 aliphatic carbocycles. The second-order valence-electron chi connectivity index (χ2n) is 8.72. The number of carboxylic acid groups (broad SMARTS) is 1. The number of carboxylic acids is 1. The Morgan fingerprint density at radius 2 is 1.19 bits per heavy atom. The summed E-state index contributed by atoms with van der Waals surface area (Å²) >= 11 is 0. The summed E-state index contributed by atoms with van der Waals surface area (Å²) in [5, 5.41) is 9.36. The van der Waals surface area contributed by atoms with Crippen LogP contribution in [0.3, 0.4) is 0 Å². The Labute approximate surface area is 189 Å². The lowest BCUT2D eigenvalue weighted by Crippen LogP contribution is -2.25. The molecular weight excluding hydrogens is 388 g/mol. The molecule has 31 heavy (non-hydrogen) atoms. The predicted octanol–water partition coefficient (Wildman–Crippen LogP) is 7.69. The van der Waals surface area contributed by atoms with Crippen molar-refractivity contribution < 1.29 is 19.4 Å². The molecule has 0 heterocycles. The van der Waals surface area contributed by atoms with E-state index in [4.69, 9.17) is 4.74 Å². The molecule has 0 amide bonds. The molecule has 1 aromatic carbocycles. The number of carbonyl (C=O) groups is 2. The minimum absolute atomic E-state index is 0.127. The van der Waals surface area contributed by atoms with Gasteiger partial charge in [-0.05, 0) is 12.0 Å². The van der Waals surface area contributed by atoms with Gasteiger partial charge in [0, 0.05) is 0 Å². The van der Waals surface area contributed by atoms with Gasteiger partial charge in [0.15, 0.2) is 5.92 Å². The summed E-state index contributed by atoms with van der Waals surface area (Å²) < 4.78 is 5.21. The highest BCUT2D eigenvalue weighted by Crippen LogP contribution is 2.17. The molecule has 0 fully saturated rings. The van der Waals surface area contributed by atoms with Crippen LogP contribution >= 0.6 is 0 Å². The molecule has 1 rings (SSSR count). The van der Waals surface area contributed by atoms with Crippen LogP contribution < -0.4 is 0 Å². The van der Waals surface area contributed by atoms with Crippen molar-refractivity contribution in [2.75, 3.05) is 0 Å². The van der Waals surface area contributed by atoms with Gasteiger partial charge in [-0.3, -0.25) is 9.59 Å². The summed E-state index contributed by atoms with van der Waals surface area (Å²) in [6.07, 6.45) is 19.4. The van der Waals surface area contributed by atoms with E-state index in [1.165, 1.54) is 77.0 Å². The zero-order valence-corrected chi connectivity index (χ0v) is 19.7. The zero-order chi connectivity index (χ0) is 22.6. The van der Waals surface area contributed by atoms with Crippen molar-refractivity contribution in [2.45, 2.75) is 116 Å². The van der Waals surface area contributed by atoms with Crippen molar-refractivity contribution in [3.05, 3.63) is 35.9 Å². The van der Waals surface area contributed by atoms with Crippen LogP contribution in [-0.2, 0) is 20.9 Å².